The number of primary amides is 1. The summed E-state index contributed by atoms with van der Waals surface area (Å²) in [5, 5.41) is 14.8. The van der Waals surface area contributed by atoms with E-state index < -0.39 is 5.91 Å². The molecule has 0 fully saturated rings. The third-order valence-corrected chi connectivity index (χ3v) is 9.05. The molecule has 0 saturated carbocycles. The molecule has 0 aliphatic heterocycles. The maximum absolute atomic E-state index is 12.7. The third-order valence-electron chi connectivity index (χ3n) is 5.63. The van der Waals surface area contributed by atoms with E-state index in [0.29, 0.717) is 27.6 Å². The van der Waals surface area contributed by atoms with Gasteiger partial charge in [-0.15, -0.1) is 32.9 Å². The number of carbonyl (C=O) groups is 2. The molecule has 2 amide bonds. The molecule has 1 atom stereocenters. The molecular weight excluding hydrogens is 462 g/mol. The van der Waals surface area contributed by atoms with Crippen molar-refractivity contribution in [1.29, 1.82) is 0 Å². The average Bonchev–Trinajstić information content (AvgIpc) is 3.42. The van der Waals surface area contributed by atoms with Crippen molar-refractivity contribution in [3.8, 4) is 11.4 Å². The second-order valence-corrected chi connectivity index (χ2v) is 11.5. The highest BCUT2D eigenvalue weighted by molar-refractivity contribution is 7.99. The smallest absolute Gasteiger partial charge is 0.251 e. The van der Waals surface area contributed by atoms with Gasteiger partial charge in [-0.3, -0.25) is 9.59 Å². The minimum Gasteiger partial charge on any atom is -0.365 e. The molecule has 3 aromatic heterocycles. The first-order valence-electron chi connectivity index (χ1n) is 10.6. The van der Waals surface area contributed by atoms with Crippen LogP contribution in [0.4, 0.5) is 5.00 Å². The fourth-order valence-corrected chi connectivity index (χ4v) is 6.90. The highest BCUT2D eigenvalue weighted by Gasteiger charge is 2.27. The van der Waals surface area contributed by atoms with E-state index in [1.165, 1.54) is 28.0 Å². The summed E-state index contributed by atoms with van der Waals surface area (Å²) in [4.78, 5) is 27.2. The Morgan fingerprint density at radius 3 is 2.84 bits per heavy atom. The summed E-state index contributed by atoms with van der Waals surface area (Å²) in [5.41, 5.74) is 8.18. The van der Waals surface area contributed by atoms with Crippen molar-refractivity contribution in [2.45, 2.75) is 51.1 Å². The van der Waals surface area contributed by atoms with Crippen molar-refractivity contribution < 1.29 is 9.59 Å². The largest absolute Gasteiger partial charge is 0.365 e. The van der Waals surface area contributed by atoms with Crippen molar-refractivity contribution >= 4 is 51.3 Å². The van der Waals surface area contributed by atoms with Crippen molar-refractivity contribution in [2.24, 2.45) is 18.7 Å². The number of amides is 2. The zero-order chi connectivity index (χ0) is 23.0. The van der Waals surface area contributed by atoms with Crippen LogP contribution in [0.15, 0.2) is 16.6 Å². The van der Waals surface area contributed by atoms with Gasteiger partial charge in [0, 0.05) is 27.7 Å². The van der Waals surface area contributed by atoms with Gasteiger partial charge >= 0.3 is 0 Å². The van der Waals surface area contributed by atoms with Gasteiger partial charge in [-0.25, -0.2) is 0 Å². The number of thiophene rings is 2. The standard InChI is InChI=1S/C22H27N5O2S3/c1-11(2)15-8-13(9-30-15)20-25-26-22(27(20)4)31-10-17(28)24-21-18(19(23)29)14-6-5-12(3)7-16(14)32-21/h8-9,11-12H,5-7,10H2,1-4H3,(H2,23,29)(H,24,28). The van der Waals surface area contributed by atoms with Crippen molar-refractivity contribution in [1.82, 2.24) is 14.8 Å². The molecule has 0 spiro atoms. The molecule has 3 heterocycles. The molecule has 0 saturated heterocycles. The van der Waals surface area contributed by atoms with E-state index in [9.17, 15) is 9.59 Å². The van der Waals surface area contributed by atoms with Crippen LogP contribution in [0.5, 0.6) is 0 Å². The lowest BCUT2D eigenvalue weighted by atomic mass is 9.88. The Labute approximate surface area is 199 Å². The summed E-state index contributed by atoms with van der Waals surface area (Å²) >= 11 is 4.52. The van der Waals surface area contributed by atoms with E-state index in [1.54, 1.807) is 11.3 Å². The van der Waals surface area contributed by atoms with Gasteiger partial charge in [-0.1, -0.05) is 32.5 Å². The van der Waals surface area contributed by atoms with Gasteiger partial charge < -0.3 is 15.6 Å². The van der Waals surface area contributed by atoms with Crippen LogP contribution in [0, 0.1) is 5.92 Å². The Kier molecular flexibility index (Phi) is 6.73. The molecular formula is C22H27N5O2S3. The monoisotopic (exact) mass is 489 g/mol. The summed E-state index contributed by atoms with van der Waals surface area (Å²) in [6.45, 7) is 6.54. The number of aromatic nitrogens is 3. The van der Waals surface area contributed by atoms with Gasteiger partial charge in [0.1, 0.15) is 5.00 Å². The quantitative estimate of drug-likeness (QED) is 0.469. The Morgan fingerprint density at radius 2 is 2.16 bits per heavy atom. The minimum absolute atomic E-state index is 0.171. The first kappa shape index (κ1) is 23.0. The van der Waals surface area contributed by atoms with Crippen LogP contribution in [-0.4, -0.2) is 32.3 Å². The molecule has 3 N–H and O–H groups in total. The number of thioether (sulfide) groups is 1. The maximum Gasteiger partial charge on any atom is 0.251 e. The van der Waals surface area contributed by atoms with Crippen LogP contribution in [0.25, 0.3) is 11.4 Å². The zero-order valence-corrected chi connectivity index (χ0v) is 21.0. The minimum atomic E-state index is -0.477. The Balaban J connectivity index is 1.44. The number of nitrogens with one attached hydrogen (secondary N) is 1. The number of hydrogen-bond donors (Lipinski definition) is 2. The highest BCUT2D eigenvalue weighted by atomic mass is 32.2. The molecule has 170 valence electrons. The molecule has 1 aliphatic carbocycles. The summed E-state index contributed by atoms with van der Waals surface area (Å²) in [5.74, 6) is 1.33. The van der Waals surface area contributed by atoms with Crippen molar-refractivity contribution in [3.05, 3.63) is 32.3 Å². The molecule has 3 aromatic rings. The fourth-order valence-electron chi connectivity index (χ4n) is 3.86. The predicted molar refractivity (Wildman–Crippen MR) is 132 cm³/mol. The molecule has 1 unspecified atom stereocenters. The van der Waals surface area contributed by atoms with Crippen LogP contribution >= 0.6 is 34.4 Å². The second-order valence-electron chi connectivity index (χ2n) is 8.51. The second kappa shape index (κ2) is 9.36. The lowest BCUT2D eigenvalue weighted by Gasteiger charge is -2.18. The van der Waals surface area contributed by atoms with Crippen molar-refractivity contribution in [3.63, 3.8) is 0 Å². The molecule has 1 aliphatic rings. The number of nitrogens with two attached hydrogens (primary N) is 1. The molecule has 7 nitrogen and oxygen atoms in total. The number of anilines is 1. The molecule has 0 bridgehead atoms. The predicted octanol–water partition coefficient (Wildman–Crippen LogP) is 4.68. The SMILES string of the molecule is CC1CCc2c(sc(NC(=O)CSc3nnc(-c4csc(C(C)C)c4)n3C)c2C(N)=O)C1. The van der Waals surface area contributed by atoms with E-state index >= 15 is 0 Å². The normalized spacial score (nSPS) is 15.7. The number of rotatable bonds is 7. The van der Waals surface area contributed by atoms with Crippen molar-refractivity contribution in [2.75, 3.05) is 11.1 Å². The van der Waals surface area contributed by atoms with E-state index in [1.807, 2.05) is 11.6 Å². The van der Waals surface area contributed by atoms with Gasteiger partial charge in [-0.2, -0.15) is 0 Å². The van der Waals surface area contributed by atoms with Crippen LogP contribution < -0.4 is 11.1 Å². The van der Waals surface area contributed by atoms with Gasteiger partial charge in [0.2, 0.25) is 5.91 Å². The van der Waals surface area contributed by atoms with Gasteiger partial charge in [0.15, 0.2) is 11.0 Å². The summed E-state index contributed by atoms with van der Waals surface area (Å²) in [6, 6.07) is 2.14. The molecule has 0 radical (unpaired) electrons. The molecule has 0 aromatic carbocycles. The van der Waals surface area contributed by atoms with Crippen LogP contribution in [-0.2, 0) is 24.7 Å². The summed E-state index contributed by atoms with van der Waals surface area (Å²) in [6.07, 6.45) is 2.79. The maximum atomic E-state index is 12.7. The lowest BCUT2D eigenvalue weighted by molar-refractivity contribution is -0.113. The van der Waals surface area contributed by atoms with Crippen LogP contribution in [0.2, 0.25) is 0 Å². The number of fused-ring (bicyclic) bond motifs is 1. The number of hydrogen-bond acceptors (Lipinski definition) is 7. The fraction of sp³-hybridized carbons (Fsp3) is 0.455. The van der Waals surface area contributed by atoms with Gasteiger partial charge in [0.25, 0.3) is 5.91 Å². The van der Waals surface area contributed by atoms with Gasteiger partial charge in [-0.05, 0) is 42.7 Å². The van der Waals surface area contributed by atoms with E-state index in [2.05, 4.69) is 47.7 Å². The van der Waals surface area contributed by atoms with E-state index in [0.717, 1.165) is 41.1 Å². The lowest BCUT2D eigenvalue weighted by Crippen LogP contribution is -2.20. The first-order valence-corrected chi connectivity index (χ1v) is 13.3. The Hall–Kier alpha value is -2.17. The topological polar surface area (TPSA) is 103 Å². The number of carbonyl (C=O) groups excluding carboxylic acids is 2. The van der Waals surface area contributed by atoms with Gasteiger partial charge in [0.05, 0.1) is 11.3 Å². The summed E-state index contributed by atoms with van der Waals surface area (Å²) < 4.78 is 1.91. The first-order chi connectivity index (χ1) is 15.2. The summed E-state index contributed by atoms with van der Waals surface area (Å²) in [7, 11) is 1.90. The van der Waals surface area contributed by atoms with E-state index in [-0.39, 0.29) is 11.7 Å². The van der Waals surface area contributed by atoms with Crippen LogP contribution in [0.1, 0.15) is 58.8 Å². The molecule has 10 heteroatoms. The number of nitrogens with zero attached hydrogens (tertiary/aromatic N) is 3. The average molecular weight is 490 g/mol. The Bertz CT molecular complexity index is 1160. The third kappa shape index (κ3) is 4.62. The molecule has 4 rings (SSSR count). The Morgan fingerprint density at radius 1 is 1.38 bits per heavy atom. The highest BCUT2D eigenvalue weighted by Crippen LogP contribution is 2.39. The van der Waals surface area contributed by atoms with E-state index in [4.69, 9.17) is 5.73 Å². The zero-order valence-electron chi connectivity index (χ0n) is 18.6. The molecule has 32 heavy (non-hydrogen) atoms. The van der Waals surface area contributed by atoms with Crippen LogP contribution in [0.3, 0.4) is 0 Å².